The maximum Gasteiger partial charge on any atom is 0.200 e. The van der Waals surface area contributed by atoms with Crippen LogP contribution in [0.3, 0.4) is 0 Å². The molecule has 1 aromatic rings. The standard InChI is InChI=1S/C10H9FO3S/c1-6(12)9-5-15(13,14)10-4-7(11)2-3-8(9)10/h2-6,12H,1H3. The third-order valence-corrected chi connectivity index (χ3v) is 3.81. The highest BCUT2D eigenvalue weighted by Crippen LogP contribution is 2.35. The first-order valence-corrected chi connectivity index (χ1v) is 5.91. The molecule has 1 unspecified atom stereocenters. The molecule has 0 saturated heterocycles. The second kappa shape index (κ2) is 3.15. The second-order valence-corrected chi connectivity index (χ2v) is 5.20. The fraction of sp³-hybridized carbons (Fsp3) is 0.200. The van der Waals surface area contributed by atoms with E-state index >= 15 is 0 Å². The molecule has 15 heavy (non-hydrogen) atoms. The monoisotopic (exact) mass is 228 g/mol. The zero-order valence-corrected chi connectivity index (χ0v) is 8.75. The molecule has 1 N–H and O–H groups in total. The molecule has 0 aromatic heterocycles. The predicted octanol–water partition coefficient (Wildman–Crippen LogP) is 1.33. The summed E-state index contributed by atoms with van der Waals surface area (Å²) >= 11 is 0. The molecule has 5 heteroatoms. The van der Waals surface area contributed by atoms with Crippen LogP contribution in [-0.4, -0.2) is 19.6 Å². The number of aliphatic hydroxyl groups is 1. The van der Waals surface area contributed by atoms with Crippen LogP contribution in [0.15, 0.2) is 28.5 Å². The molecule has 0 fully saturated rings. The third kappa shape index (κ3) is 1.57. The number of hydrogen-bond donors (Lipinski definition) is 1. The quantitative estimate of drug-likeness (QED) is 0.789. The molecule has 1 atom stereocenters. The van der Waals surface area contributed by atoms with E-state index in [0.29, 0.717) is 11.1 Å². The Morgan fingerprint density at radius 1 is 1.40 bits per heavy atom. The summed E-state index contributed by atoms with van der Waals surface area (Å²) in [5.41, 5.74) is 0.691. The van der Waals surface area contributed by atoms with Crippen molar-refractivity contribution >= 4 is 15.4 Å². The highest BCUT2D eigenvalue weighted by molar-refractivity contribution is 7.95. The molecule has 1 aliphatic rings. The number of rotatable bonds is 1. The third-order valence-electron chi connectivity index (χ3n) is 2.29. The van der Waals surface area contributed by atoms with Gasteiger partial charge in [-0.1, -0.05) is 6.07 Å². The SMILES string of the molecule is CC(O)C1=CS(=O)(=O)c2cc(F)ccc21. The highest BCUT2D eigenvalue weighted by atomic mass is 32.2. The Balaban J connectivity index is 2.73. The van der Waals surface area contributed by atoms with Crippen LogP contribution in [0.4, 0.5) is 4.39 Å². The zero-order valence-electron chi connectivity index (χ0n) is 7.94. The van der Waals surface area contributed by atoms with Gasteiger partial charge in [0.1, 0.15) is 5.82 Å². The van der Waals surface area contributed by atoms with E-state index in [1.807, 2.05) is 0 Å². The summed E-state index contributed by atoms with van der Waals surface area (Å²) in [5, 5.41) is 10.4. The van der Waals surface area contributed by atoms with Gasteiger partial charge in [0.15, 0.2) is 0 Å². The summed E-state index contributed by atoms with van der Waals surface area (Å²) in [4.78, 5) is -0.0709. The number of benzene rings is 1. The fourth-order valence-corrected chi connectivity index (χ4v) is 3.14. The van der Waals surface area contributed by atoms with Gasteiger partial charge in [-0.15, -0.1) is 0 Å². The molecule has 0 amide bonds. The van der Waals surface area contributed by atoms with Crippen molar-refractivity contribution in [2.24, 2.45) is 0 Å². The molecule has 3 nitrogen and oxygen atoms in total. The number of hydrogen-bond acceptors (Lipinski definition) is 3. The van der Waals surface area contributed by atoms with Gasteiger partial charge < -0.3 is 5.11 Å². The topological polar surface area (TPSA) is 54.4 Å². The molecule has 0 radical (unpaired) electrons. The van der Waals surface area contributed by atoms with Crippen LogP contribution in [0.1, 0.15) is 12.5 Å². The van der Waals surface area contributed by atoms with E-state index < -0.39 is 21.8 Å². The summed E-state index contributed by atoms with van der Waals surface area (Å²) < 4.78 is 36.0. The van der Waals surface area contributed by atoms with Crippen molar-refractivity contribution in [3.63, 3.8) is 0 Å². The van der Waals surface area contributed by atoms with Gasteiger partial charge in [-0.25, -0.2) is 12.8 Å². The van der Waals surface area contributed by atoms with Crippen molar-refractivity contribution in [3.8, 4) is 0 Å². The smallest absolute Gasteiger partial charge is 0.200 e. The van der Waals surface area contributed by atoms with E-state index in [9.17, 15) is 17.9 Å². The van der Waals surface area contributed by atoms with Crippen molar-refractivity contribution in [1.29, 1.82) is 0 Å². The summed E-state index contributed by atoms with van der Waals surface area (Å²) in [7, 11) is -3.58. The van der Waals surface area contributed by atoms with Gasteiger partial charge in [0.25, 0.3) is 0 Å². The van der Waals surface area contributed by atoms with Gasteiger partial charge in [-0.05, 0) is 19.1 Å². The van der Waals surface area contributed by atoms with Crippen LogP contribution in [-0.2, 0) is 9.84 Å². The summed E-state index contributed by atoms with van der Waals surface area (Å²) in [6.45, 7) is 1.47. The maximum absolute atomic E-state index is 12.9. The van der Waals surface area contributed by atoms with E-state index in [2.05, 4.69) is 0 Å². The van der Waals surface area contributed by atoms with Gasteiger partial charge in [-0.3, -0.25) is 0 Å². The fourth-order valence-electron chi connectivity index (χ4n) is 1.59. The highest BCUT2D eigenvalue weighted by Gasteiger charge is 2.29. The number of fused-ring (bicyclic) bond motifs is 1. The largest absolute Gasteiger partial charge is 0.389 e. The Morgan fingerprint density at radius 3 is 2.67 bits per heavy atom. The van der Waals surface area contributed by atoms with Gasteiger partial charge in [0, 0.05) is 16.5 Å². The Bertz CT molecular complexity index is 544. The first-order chi connectivity index (χ1) is 6.92. The Kier molecular flexibility index (Phi) is 2.17. The van der Waals surface area contributed by atoms with Gasteiger partial charge >= 0.3 is 0 Å². The normalized spacial score (nSPS) is 19.5. The molecule has 0 spiro atoms. The van der Waals surface area contributed by atoms with Crippen LogP contribution < -0.4 is 0 Å². The first kappa shape index (κ1) is 10.3. The lowest BCUT2D eigenvalue weighted by molar-refractivity contribution is 0.253. The second-order valence-electron chi connectivity index (χ2n) is 3.43. The van der Waals surface area contributed by atoms with E-state index in [0.717, 1.165) is 11.5 Å². The average Bonchev–Trinajstić information content (AvgIpc) is 2.39. The maximum atomic E-state index is 12.9. The van der Waals surface area contributed by atoms with E-state index in [1.54, 1.807) is 0 Å². The minimum atomic E-state index is -3.58. The zero-order chi connectivity index (χ0) is 11.2. The van der Waals surface area contributed by atoms with E-state index in [1.165, 1.54) is 19.1 Å². The molecule has 0 saturated carbocycles. The van der Waals surface area contributed by atoms with Crippen molar-refractivity contribution in [2.75, 3.05) is 0 Å². The minimum Gasteiger partial charge on any atom is -0.389 e. The van der Waals surface area contributed by atoms with Crippen LogP contribution in [0, 0.1) is 5.82 Å². The Morgan fingerprint density at radius 2 is 2.07 bits per heavy atom. The molecule has 1 heterocycles. The lowest BCUT2D eigenvalue weighted by Gasteiger charge is -2.06. The van der Waals surface area contributed by atoms with Crippen molar-refractivity contribution in [2.45, 2.75) is 17.9 Å². The number of sulfone groups is 1. The Labute approximate surface area is 86.8 Å². The lowest BCUT2D eigenvalue weighted by atomic mass is 10.0. The van der Waals surface area contributed by atoms with Gasteiger partial charge in [-0.2, -0.15) is 0 Å². The Hall–Kier alpha value is -1.20. The molecule has 80 valence electrons. The van der Waals surface area contributed by atoms with Crippen molar-refractivity contribution < 1.29 is 17.9 Å². The number of aliphatic hydroxyl groups excluding tert-OH is 1. The van der Waals surface area contributed by atoms with E-state index in [-0.39, 0.29) is 4.90 Å². The summed E-state index contributed by atoms with van der Waals surface area (Å²) in [5.74, 6) is -0.599. The predicted molar refractivity (Wildman–Crippen MR) is 53.2 cm³/mol. The van der Waals surface area contributed by atoms with Gasteiger partial charge in [0.2, 0.25) is 9.84 Å². The van der Waals surface area contributed by atoms with Crippen molar-refractivity contribution in [3.05, 3.63) is 35.0 Å². The van der Waals surface area contributed by atoms with Crippen molar-refractivity contribution in [1.82, 2.24) is 0 Å². The summed E-state index contributed by atoms with van der Waals surface area (Å²) in [6, 6.07) is 3.51. The molecule has 2 rings (SSSR count). The van der Waals surface area contributed by atoms with Crippen LogP contribution >= 0.6 is 0 Å². The molecular weight excluding hydrogens is 219 g/mol. The van der Waals surface area contributed by atoms with Crippen LogP contribution in [0.25, 0.3) is 5.57 Å². The molecule has 1 aromatic carbocycles. The first-order valence-electron chi connectivity index (χ1n) is 4.36. The molecular formula is C10H9FO3S. The molecule has 0 bridgehead atoms. The summed E-state index contributed by atoms with van der Waals surface area (Å²) in [6.07, 6.45) is -0.883. The van der Waals surface area contributed by atoms with Gasteiger partial charge in [0.05, 0.1) is 11.0 Å². The van der Waals surface area contributed by atoms with Crippen LogP contribution in [0.5, 0.6) is 0 Å². The average molecular weight is 228 g/mol. The molecule has 0 aliphatic carbocycles. The minimum absolute atomic E-state index is 0.0709. The number of halogens is 1. The lowest BCUT2D eigenvalue weighted by Crippen LogP contribution is -2.01. The van der Waals surface area contributed by atoms with Crippen LogP contribution in [0.2, 0.25) is 0 Å². The van der Waals surface area contributed by atoms with E-state index in [4.69, 9.17) is 0 Å². The molecule has 1 aliphatic heterocycles.